The normalized spacial score (nSPS) is 14.5. The Labute approximate surface area is 91.1 Å². The Morgan fingerprint density at radius 3 is 2.73 bits per heavy atom. The minimum Gasteiger partial charge on any atom is -0.449 e. The van der Waals surface area contributed by atoms with Crippen molar-refractivity contribution in [2.45, 2.75) is 39.8 Å². The first-order valence-corrected chi connectivity index (χ1v) is 5.39. The molecular formula is C12H18N2O. The van der Waals surface area contributed by atoms with Crippen LogP contribution in [0, 0.1) is 17.2 Å². The smallest absolute Gasteiger partial charge is 0.203 e. The van der Waals surface area contributed by atoms with E-state index < -0.39 is 0 Å². The Hall–Kier alpha value is -1.27. The molecule has 0 aliphatic heterocycles. The third kappa shape index (κ3) is 3.41. The van der Waals surface area contributed by atoms with Gasteiger partial charge in [0.05, 0.1) is 6.54 Å². The molecule has 3 nitrogen and oxygen atoms in total. The zero-order valence-electron chi connectivity index (χ0n) is 9.58. The van der Waals surface area contributed by atoms with Gasteiger partial charge in [-0.3, -0.25) is 0 Å². The van der Waals surface area contributed by atoms with Crippen LogP contribution in [0.1, 0.15) is 38.7 Å². The Morgan fingerprint density at radius 1 is 1.47 bits per heavy atom. The molecule has 0 spiro atoms. The second-order valence-electron chi connectivity index (χ2n) is 3.93. The van der Waals surface area contributed by atoms with Gasteiger partial charge in [-0.05, 0) is 25.0 Å². The van der Waals surface area contributed by atoms with E-state index in [1.54, 1.807) is 6.07 Å². The van der Waals surface area contributed by atoms with Crippen LogP contribution in [0.3, 0.4) is 0 Å². The van der Waals surface area contributed by atoms with Crippen molar-refractivity contribution in [3.8, 4) is 6.07 Å². The molecule has 2 unspecified atom stereocenters. The van der Waals surface area contributed by atoms with Gasteiger partial charge in [0.15, 0.2) is 0 Å². The van der Waals surface area contributed by atoms with Crippen molar-refractivity contribution in [3.63, 3.8) is 0 Å². The first kappa shape index (κ1) is 11.8. The highest BCUT2D eigenvalue weighted by atomic mass is 16.3. The van der Waals surface area contributed by atoms with Crippen LogP contribution in [0.5, 0.6) is 0 Å². The van der Waals surface area contributed by atoms with E-state index in [0.717, 1.165) is 12.2 Å². The minimum atomic E-state index is 0.378. The molecule has 1 aromatic heterocycles. The van der Waals surface area contributed by atoms with E-state index in [0.29, 0.717) is 24.3 Å². The van der Waals surface area contributed by atoms with Crippen LogP contribution in [-0.4, -0.2) is 6.04 Å². The maximum atomic E-state index is 8.59. The van der Waals surface area contributed by atoms with E-state index >= 15 is 0 Å². The second-order valence-corrected chi connectivity index (χ2v) is 3.93. The van der Waals surface area contributed by atoms with Crippen molar-refractivity contribution in [1.82, 2.24) is 5.32 Å². The van der Waals surface area contributed by atoms with Gasteiger partial charge in [-0.25, -0.2) is 0 Å². The summed E-state index contributed by atoms with van der Waals surface area (Å²) in [5.74, 6) is 1.85. The van der Waals surface area contributed by atoms with Crippen molar-refractivity contribution in [3.05, 3.63) is 23.7 Å². The van der Waals surface area contributed by atoms with E-state index in [1.807, 2.05) is 12.1 Å². The van der Waals surface area contributed by atoms with Crippen LogP contribution in [0.2, 0.25) is 0 Å². The lowest BCUT2D eigenvalue weighted by Crippen LogP contribution is -2.31. The average molecular weight is 206 g/mol. The van der Waals surface area contributed by atoms with Crippen LogP contribution in [0.25, 0.3) is 0 Å². The van der Waals surface area contributed by atoms with Crippen molar-refractivity contribution >= 4 is 0 Å². The monoisotopic (exact) mass is 206 g/mol. The molecule has 0 aliphatic rings. The van der Waals surface area contributed by atoms with E-state index in [-0.39, 0.29) is 0 Å². The highest BCUT2D eigenvalue weighted by Gasteiger charge is 2.10. The molecular weight excluding hydrogens is 188 g/mol. The fourth-order valence-electron chi connectivity index (χ4n) is 1.35. The summed E-state index contributed by atoms with van der Waals surface area (Å²) in [5.41, 5.74) is 0. The average Bonchev–Trinajstić information content (AvgIpc) is 2.72. The molecule has 0 aromatic carbocycles. The van der Waals surface area contributed by atoms with Gasteiger partial charge in [0.2, 0.25) is 5.76 Å². The van der Waals surface area contributed by atoms with Gasteiger partial charge in [0.25, 0.3) is 0 Å². The van der Waals surface area contributed by atoms with Crippen molar-refractivity contribution in [2.75, 3.05) is 0 Å². The first-order valence-electron chi connectivity index (χ1n) is 5.39. The van der Waals surface area contributed by atoms with Crippen LogP contribution in [-0.2, 0) is 6.54 Å². The molecule has 1 heterocycles. The molecule has 1 aromatic rings. The summed E-state index contributed by atoms with van der Waals surface area (Å²) in [7, 11) is 0. The lowest BCUT2D eigenvalue weighted by Gasteiger charge is -2.18. The van der Waals surface area contributed by atoms with E-state index in [1.165, 1.54) is 0 Å². The maximum absolute atomic E-state index is 8.59. The van der Waals surface area contributed by atoms with Crippen molar-refractivity contribution in [2.24, 2.45) is 5.92 Å². The lowest BCUT2D eigenvalue weighted by molar-refractivity contribution is 0.368. The van der Waals surface area contributed by atoms with Gasteiger partial charge in [-0.1, -0.05) is 20.3 Å². The molecule has 0 aliphatic carbocycles. The Balaban J connectivity index is 2.40. The first-order chi connectivity index (χ1) is 7.17. The van der Waals surface area contributed by atoms with Crippen LogP contribution < -0.4 is 5.32 Å². The zero-order valence-corrected chi connectivity index (χ0v) is 9.58. The van der Waals surface area contributed by atoms with E-state index in [2.05, 4.69) is 26.1 Å². The zero-order chi connectivity index (χ0) is 11.3. The number of rotatable bonds is 5. The molecule has 0 saturated heterocycles. The summed E-state index contributed by atoms with van der Waals surface area (Å²) in [6, 6.07) is 5.98. The summed E-state index contributed by atoms with van der Waals surface area (Å²) in [6.45, 7) is 7.26. The predicted molar refractivity (Wildman–Crippen MR) is 59.2 cm³/mol. The summed E-state index contributed by atoms with van der Waals surface area (Å²) < 4.78 is 5.27. The fraction of sp³-hybridized carbons (Fsp3) is 0.583. The molecule has 15 heavy (non-hydrogen) atoms. The lowest BCUT2D eigenvalue weighted by atomic mass is 10.0. The van der Waals surface area contributed by atoms with Crippen LogP contribution >= 0.6 is 0 Å². The number of hydrogen-bond acceptors (Lipinski definition) is 3. The van der Waals surface area contributed by atoms with Gasteiger partial charge in [0, 0.05) is 6.04 Å². The largest absolute Gasteiger partial charge is 0.449 e. The molecule has 3 heteroatoms. The highest BCUT2D eigenvalue weighted by Crippen LogP contribution is 2.10. The molecule has 1 N–H and O–H groups in total. The Kier molecular flexibility index (Phi) is 4.38. The molecule has 0 bridgehead atoms. The van der Waals surface area contributed by atoms with E-state index in [4.69, 9.17) is 9.68 Å². The number of nitriles is 1. The van der Waals surface area contributed by atoms with Gasteiger partial charge in [0.1, 0.15) is 11.8 Å². The van der Waals surface area contributed by atoms with Gasteiger partial charge in [-0.15, -0.1) is 0 Å². The third-order valence-electron chi connectivity index (χ3n) is 2.87. The molecule has 0 saturated carbocycles. The van der Waals surface area contributed by atoms with Crippen LogP contribution in [0.15, 0.2) is 16.5 Å². The molecule has 1 rings (SSSR count). The highest BCUT2D eigenvalue weighted by molar-refractivity contribution is 5.18. The quantitative estimate of drug-likeness (QED) is 0.805. The summed E-state index contributed by atoms with van der Waals surface area (Å²) in [4.78, 5) is 0. The van der Waals surface area contributed by atoms with Gasteiger partial charge >= 0.3 is 0 Å². The second kappa shape index (κ2) is 5.57. The molecule has 0 amide bonds. The third-order valence-corrected chi connectivity index (χ3v) is 2.87. The molecule has 82 valence electrons. The molecule has 2 atom stereocenters. The summed E-state index contributed by atoms with van der Waals surface area (Å²) in [5, 5.41) is 12.0. The molecule has 0 fully saturated rings. The van der Waals surface area contributed by atoms with Gasteiger partial charge in [-0.2, -0.15) is 5.26 Å². The standard InChI is InChI=1S/C12H18N2O/c1-4-9(2)10(3)14-8-12-6-5-11(7-13)15-12/h5-6,9-10,14H,4,8H2,1-3H3. The van der Waals surface area contributed by atoms with Crippen LogP contribution in [0.4, 0.5) is 0 Å². The number of nitrogens with zero attached hydrogens (tertiary/aromatic N) is 1. The van der Waals surface area contributed by atoms with Crippen molar-refractivity contribution in [1.29, 1.82) is 5.26 Å². The summed E-state index contributed by atoms with van der Waals surface area (Å²) >= 11 is 0. The SMILES string of the molecule is CCC(C)C(C)NCc1ccc(C#N)o1. The topological polar surface area (TPSA) is 49.0 Å². The van der Waals surface area contributed by atoms with Gasteiger partial charge < -0.3 is 9.73 Å². The summed E-state index contributed by atoms with van der Waals surface area (Å²) in [6.07, 6.45) is 1.16. The number of hydrogen-bond donors (Lipinski definition) is 1. The Bertz CT molecular complexity index is 338. The van der Waals surface area contributed by atoms with E-state index in [9.17, 15) is 0 Å². The fourth-order valence-corrected chi connectivity index (χ4v) is 1.35. The molecule has 0 radical (unpaired) electrons. The Morgan fingerprint density at radius 2 is 2.20 bits per heavy atom. The van der Waals surface area contributed by atoms with Crippen molar-refractivity contribution < 1.29 is 4.42 Å². The number of nitrogens with one attached hydrogen (secondary N) is 1. The maximum Gasteiger partial charge on any atom is 0.203 e. The minimum absolute atomic E-state index is 0.378. The predicted octanol–water partition coefficient (Wildman–Crippen LogP) is 2.68. The number of furan rings is 1.